The minimum absolute atomic E-state index is 1.14. The average Bonchev–Trinajstić information content (AvgIpc) is 1.69. The molecule has 0 aromatic rings. The second-order valence-electron chi connectivity index (χ2n) is 1.30. The lowest BCUT2D eigenvalue weighted by atomic mass is 10.3. The first-order chi connectivity index (χ1) is 3.41. The van der Waals surface area contributed by atoms with Gasteiger partial charge in [0.05, 0.1) is 0 Å². The molecular weight excluding hydrogens is 106 g/mol. The molecule has 0 heterocycles. The molecule has 0 unspecified atom stereocenters. The molecule has 0 saturated heterocycles. The summed E-state index contributed by atoms with van der Waals surface area (Å²) < 4.78 is 0. The summed E-state index contributed by atoms with van der Waals surface area (Å²) in [5.74, 6) is 0. The highest BCUT2D eigenvalue weighted by molar-refractivity contribution is 7.99. The molecule has 0 amide bonds. The van der Waals surface area contributed by atoms with Crippen molar-refractivity contribution >= 4 is 11.9 Å². The Labute approximate surface area is 49.1 Å². The third-order valence-electron chi connectivity index (χ3n) is 0.630. The molecule has 0 aliphatic carbocycles. The van der Waals surface area contributed by atoms with Crippen molar-refractivity contribution in [2.24, 2.45) is 5.14 Å². The van der Waals surface area contributed by atoms with Crippen molar-refractivity contribution in [2.75, 3.05) is 0 Å². The van der Waals surface area contributed by atoms with Crippen molar-refractivity contribution in [3.63, 3.8) is 0 Å². The van der Waals surface area contributed by atoms with Crippen LogP contribution < -0.4 is 5.14 Å². The summed E-state index contributed by atoms with van der Waals surface area (Å²) in [5, 5.41) is 7.01. The second kappa shape index (κ2) is 6.05. The third kappa shape index (κ3) is 6.05. The molecule has 0 aliphatic heterocycles. The average molecular weight is 117 g/mol. The Hall–Kier alpha value is 0.0500. The van der Waals surface area contributed by atoms with Crippen LogP contribution in [0.3, 0.4) is 0 Å². The predicted molar refractivity (Wildman–Crippen MR) is 35.8 cm³/mol. The van der Waals surface area contributed by atoms with Crippen molar-refractivity contribution in [1.29, 1.82) is 0 Å². The second-order valence-corrected chi connectivity index (χ2v) is 1.84. The van der Waals surface area contributed by atoms with Gasteiger partial charge in [0, 0.05) is 0 Å². The van der Waals surface area contributed by atoms with E-state index in [4.69, 9.17) is 5.14 Å². The zero-order valence-electron chi connectivity index (χ0n) is 4.55. The van der Waals surface area contributed by atoms with E-state index in [-0.39, 0.29) is 0 Å². The van der Waals surface area contributed by atoms with Crippen LogP contribution in [0.4, 0.5) is 0 Å². The normalized spacial score (nSPS) is 10.6. The lowest BCUT2D eigenvalue weighted by molar-refractivity contribution is 0.960. The van der Waals surface area contributed by atoms with Crippen molar-refractivity contribution < 1.29 is 0 Å². The molecule has 0 rings (SSSR count). The standard InChI is InChI=1S/C5H11NS/c1-2-3-4-5-7-6/h4-5H,2-3,6H2,1H3/b5-4-. The zero-order valence-corrected chi connectivity index (χ0v) is 5.37. The van der Waals surface area contributed by atoms with Gasteiger partial charge in [-0.15, -0.1) is 0 Å². The Morgan fingerprint density at radius 3 is 2.86 bits per heavy atom. The van der Waals surface area contributed by atoms with E-state index >= 15 is 0 Å². The first-order valence-corrected chi connectivity index (χ1v) is 3.36. The third-order valence-corrected chi connectivity index (χ3v) is 0.980. The quantitative estimate of drug-likeness (QED) is 0.571. The van der Waals surface area contributed by atoms with Crippen molar-refractivity contribution in [2.45, 2.75) is 19.8 Å². The van der Waals surface area contributed by atoms with Crippen LogP contribution in [0.15, 0.2) is 11.5 Å². The lowest BCUT2D eigenvalue weighted by Gasteiger charge is -1.79. The molecule has 2 heteroatoms. The fraction of sp³-hybridized carbons (Fsp3) is 0.600. The molecule has 1 nitrogen and oxygen atoms in total. The molecule has 2 N–H and O–H groups in total. The molecular formula is C5H11NS. The smallest absolute Gasteiger partial charge is 0.0178 e. The van der Waals surface area contributed by atoms with Crippen LogP contribution in [0.1, 0.15) is 19.8 Å². The monoisotopic (exact) mass is 117 g/mol. The maximum absolute atomic E-state index is 5.10. The number of allylic oxidation sites excluding steroid dienone is 1. The van der Waals surface area contributed by atoms with Crippen LogP contribution >= 0.6 is 11.9 Å². The van der Waals surface area contributed by atoms with Crippen LogP contribution in [-0.4, -0.2) is 0 Å². The topological polar surface area (TPSA) is 26.0 Å². The van der Waals surface area contributed by atoms with E-state index < -0.39 is 0 Å². The Morgan fingerprint density at radius 1 is 1.71 bits per heavy atom. The van der Waals surface area contributed by atoms with Gasteiger partial charge >= 0.3 is 0 Å². The van der Waals surface area contributed by atoms with Crippen molar-refractivity contribution in [3.05, 3.63) is 11.5 Å². The first kappa shape index (κ1) is 7.05. The molecule has 0 bridgehead atoms. The molecule has 0 aromatic heterocycles. The summed E-state index contributed by atoms with van der Waals surface area (Å²) in [7, 11) is 0. The minimum atomic E-state index is 1.14. The highest BCUT2D eigenvalue weighted by Crippen LogP contribution is 1.93. The van der Waals surface area contributed by atoms with Crippen LogP contribution in [-0.2, 0) is 0 Å². The van der Waals surface area contributed by atoms with E-state index in [1.165, 1.54) is 18.4 Å². The van der Waals surface area contributed by atoms with E-state index in [2.05, 4.69) is 13.0 Å². The molecule has 0 aromatic carbocycles. The van der Waals surface area contributed by atoms with Gasteiger partial charge in [-0.25, -0.2) is 0 Å². The summed E-state index contributed by atoms with van der Waals surface area (Å²) in [6.45, 7) is 2.14. The summed E-state index contributed by atoms with van der Waals surface area (Å²) in [5.41, 5.74) is 0. The Kier molecular flexibility index (Phi) is 6.09. The largest absolute Gasteiger partial charge is 0.274 e. The van der Waals surface area contributed by atoms with E-state index in [1.54, 1.807) is 0 Å². The number of hydrogen-bond acceptors (Lipinski definition) is 2. The molecule has 7 heavy (non-hydrogen) atoms. The maximum atomic E-state index is 5.10. The predicted octanol–water partition coefficient (Wildman–Crippen LogP) is 1.91. The highest BCUT2D eigenvalue weighted by Gasteiger charge is 1.68. The number of rotatable bonds is 3. The maximum Gasteiger partial charge on any atom is -0.0178 e. The van der Waals surface area contributed by atoms with E-state index in [1.807, 2.05) is 5.41 Å². The molecule has 42 valence electrons. The molecule has 0 atom stereocenters. The zero-order chi connectivity index (χ0) is 5.54. The molecule has 0 spiro atoms. The van der Waals surface area contributed by atoms with E-state index in [0.29, 0.717) is 0 Å². The van der Waals surface area contributed by atoms with E-state index in [0.717, 1.165) is 6.42 Å². The van der Waals surface area contributed by atoms with E-state index in [9.17, 15) is 0 Å². The highest BCUT2D eigenvalue weighted by atomic mass is 32.2. The number of hydrogen-bond donors (Lipinski definition) is 1. The lowest BCUT2D eigenvalue weighted by Crippen LogP contribution is -1.67. The SMILES string of the molecule is CCC/C=C\SN. The van der Waals surface area contributed by atoms with Crippen LogP contribution in [0, 0.1) is 0 Å². The number of unbranched alkanes of at least 4 members (excludes halogenated alkanes) is 1. The van der Waals surface area contributed by atoms with Crippen LogP contribution in [0.2, 0.25) is 0 Å². The Morgan fingerprint density at radius 2 is 2.43 bits per heavy atom. The minimum Gasteiger partial charge on any atom is -0.274 e. The van der Waals surface area contributed by atoms with Gasteiger partial charge in [-0.1, -0.05) is 31.4 Å². The Bertz CT molecular complexity index is 52.0. The van der Waals surface area contributed by atoms with Gasteiger partial charge in [-0.3, -0.25) is 5.14 Å². The Balaban J connectivity index is 2.78. The fourth-order valence-corrected chi connectivity index (χ4v) is 0.537. The molecule has 0 aliphatic rings. The van der Waals surface area contributed by atoms with Crippen LogP contribution in [0.25, 0.3) is 0 Å². The summed E-state index contributed by atoms with van der Waals surface area (Å²) in [4.78, 5) is 0. The van der Waals surface area contributed by atoms with Gasteiger partial charge < -0.3 is 0 Å². The van der Waals surface area contributed by atoms with Gasteiger partial charge in [0.2, 0.25) is 0 Å². The number of nitrogens with two attached hydrogens (primary N) is 1. The van der Waals surface area contributed by atoms with Gasteiger partial charge in [0.1, 0.15) is 0 Å². The van der Waals surface area contributed by atoms with Gasteiger partial charge in [-0.2, -0.15) is 0 Å². The fourth-order valence-electron chi connectivity index (χ4n) is 0.290. The summed E-state index contributed by atoms with van der Waals surface area (Å²) in [6.07, 6.45) is 4.42. The summed E-state index contributed by atoms with van der Waals surface area (Å²) in [6, 6.07) is 0. The molecule has 0 fully saturated rings. The molecule has 0 saturated carbocycles. The first-order valence-electron chi connectivity index (χ1n) is 2.42. The van der Waals surface area contributed by atoms with Crippen molar-refractivity contribution in [1.82, 2.24) is 0 Å². The van der Waals surface area contributed by atoms with Crippen molar-refractivity contribution in [3.8, 4) is 0 Å². The van der Waals surface area contributed by atoms with Gasteiger partial charge in [-0.05, 0) is 11.8 Å². The molecule has 0 radical (unpaired) electrons. The van der Waals surface area contributed by atoms with Gasteiger partial charge in [0.15, 0.2) is 0 Å². The summed E-state index contributed by atoms with van der Waals surface area (Å²) >= 11 is 1.26. The van der Waals surface area contributed by atoms with Gasteiger partial charge in [0.25, 0.3) is 0 Å². The van der Waals surface area contributed by atoms with Crippen LogP contribution in [0.5, 0.6) is 0 Å².